The topological polar surface area (TPSA) is 145 Å². The molecule has 0 saturated heterocycles. The first-order chi connectivity index (χ1) is 31.3. The van der Waals surface area contributed by atoms with Gasteiger partial charge in [0, 0.05) is 48.6 Å². The number of hydrogen-bond donors (Lipinski definition) is 4. The second kappa shape index (κ2) is 26.0. The summed E-state index contributed by atoms with van der Waals surface area (Å²) in [6.07, 6.45) is 11.0. The van der Waals surface area contributed by atoms with Crippen molar-refractivity contribution in [2.75, 3.05) is 65.8 Å². The molecule has 16 heteroatoms. The maximum Gasteiger partial charge on any atom is 0.678 e. The molecule has 2 amide bonds. The van der Waals surface area contributed by atoms with Crippen LogP contribution in [-0.4, -0.2) is 106 Å². The summed E-state index contributed by atoms with van der Waals surface area (Å²) >= 11 is 1.41. The number of aliphatic hydroxyl groups excluding tert-OH is 1. The van der Waals surface area contributed by atoms with Gasteiger partial charge >= 0.3 is 7.40 Å². The van der Waals surface area contributed by atoms with E-state index in [4.69, 9.17) is 18.9 Å². The lowest BCUT2D eigenvalue weighted by Crippen LogP contribution is -2.33. The number of aliphatic imine (C=N–C) groups is 1. The molecule has 0 bridgehead atoms. The SMILES string of the molecule is O=C(CCCCCNC(=O)COc1ccc(/C=C/C2=NC(=C\c3ccc(-c4cccs4)n3B(F)F)/C=C2)cc1)NCCOCCOCCNC[C@H](O)COc1cccc2ccccc12. The molecule has 0 fully saturated rings. The summed E-state index contributed by atoms with van der Waals surface area (Å²) in [5.41, 5.74) is 3.02. The summed E-state index contributed by atoms with van der Waals surface area (Å²) < 4.78 is 51.5. The number of hydrogen-bond acceptors (Lipinski definition) is 10. The fourth-order valence-corrected chi connectivity index (χ4v) is 7.42. The van der Waals surface area contributed by atoms with Crippen molar-refractivity contribution < 1.29 is 42.3 Å². The number of rotatable bonds is 28. The average Bonchev–Trinajstić information content (AvgIpc) is 4.10. The molecular formula is C48H54BF2N5O7S. The number of nitrogens with zero attached hydrogens (tertiary/aromatic N) is 2. The van der Waals surface area contributed by atoms with E-state index in [9.17, 15) is 23.3 Å². The molecule has 1 atom stereocenters. The maximum absolute atomic E-state index is 13.9. The molecule has 12 nitrogen and oxygen atoms in total. The van der Waals surface area contributed by atoms with Gasteiger partial charge in [-0.1, -0.05) is 67.1 Å². The predicted octanol–water partition coefficient (Wildman–Crippen LogP) is 7.44. The molecular weight excluding hydrogens is 839 g/mol. The summed E-state index contributed by atoms with van der Waals surface area (Å²) in [6.45, 7) is 3.69. The number of fused-ring (bicyclic) bond motifs is 1. The van der Waals surface area contributed by atoms with Crippen LogP contribution in [0.25, 0.3) is 33.5 Å². The van der Waals surface area contributed by atoms with Crippen LogP contribution in [0.5, 0.6) is 11.5 Å². The smallest absolute Gasteiger partial charge is 0.490 e. The van der Waals surface area contributed by atoms with Crippen molar-refractivity contribution in [2.24, 2.45) is 4.99 Å². The highest BCUT2D eigenvalue weighted by Crippen LogP contribution is 2.30. The van der Waals surface area contributed by atoms with Crippen molar-refractivity contribution in [2.45, 2.75) is 31.8 Å². The quantitative estimate of drug-likeness (QED) is 0.0300. The van der Waals surface area contributed by atoms with Gasteiger partial charge in [0.25, 0.3) is 5.91 Å². The van der Waals surface area contributed by atoms with Crippen molar-refractivity contribution >= 4 is 59.2 Å². The number of unbranched alkanes of at least 4 members (excludes halogenated alkanes) is 2. The Labute approximate surface area is 376 Å². The predicted molar refractivity (Wildman–Crippen MR) is 251 cm³/mol. The molecule has 0 aliphatic carbocycles. The van der Waals surface area contributed by atoms with Crippen LogP contribution < -0.4 is 25.4 Å². The zero-order valence-electron chi connectivity index (χ0n) is 35.6. The van der Waals surface area contributed by atoms with Gasteiger partial charge in [0.2, 0.25) is 5.91 Å². The summed E-state index contributed by atoms with van der Waals surface area (Å²) in [7, 11) is -2.68. The standard InChI is InChI=1S/C48H54BF2N5O7S/c50-49(51)56-40(20-23-44(56)46-12-7-31-64-46)32-39-19-18-38(55-39)17-14-36-15-21-42(22-16-36)62-35-48(59)53-24-5-1-2-13-47(58)54-26-28-61-30-29-60-27-25-52-33-41(57)34-63-45-11-6-9-37-8-3-4-10-43(37)45/h3-4,6-12,14-23,31-32,41,52,57H,1-2,5,13,24-30,33-35H2,(H,53,59)(H,54,58)/b17-14+,39-32-/t41-/m0/s1. The van der Waals surface area contributed by atoms with Crippen molar-refractivity contribution in [1.29, 1.82) is 0 Å². The minimum Gasteiger partial charge on any atom is -0.490 e. The van der Waals surface area contributed by atoms with E-state index in [1.54, 1.807) is 36.4 Å². The lowest BCUT2D eigenvalue weighted by Gasteiger charge is -2.14. The number of benzene rings is 3. The van der Waals surface area contributed by atoms with Gasteiger partial charge in [-0.15, -0.1) is 11.3 Å². The summed E-state index contributed by atoms with van der Waals surface area (Å²) in [6, 6.07) is 28.2. The van der Waals surface area contributed by atoms with Gasteiger partial charge < -0.3 is 44.5 Å². The van der Waals surface area contributed by atoms with Crippen LogP contribution in [0.4, 0.5) is 8.63 Å². The van der Waals surface area contributed by atoms with Crippen molar-refractivity contribution in [3.05, 3.63) is 132 Å². The van der Waals surface area contributed by atoms with E-state index in [2.05, 4.69) is 20.9 Å². The van der Waals surface area contributed by atoms with Crippen LogP contribution >= 0.6 is 11.3 Å². The highest BCUT2D eigenvalue weighted by atomic mass is 32.1. The number of aliphatic hydroxyl groups is 1. The van der Waals surface area contributed by atoms with Crippen molar-refractivity contribution in [3.8, 4) is 22.1 Å². The monoisotopic (exact) mass is 893 g/mol. The number of halogens is 2. The Morgan fingerprint density at radius 2 is 1.59 bits per heavy atom. The van der Waals surface area contributed by atoms with E-state index >= 15 is 0 Å². The van der Waals surface area contributed by atoms with Crippen LogP contribution in [0.2, 0.25) is 0 Å². The number of thiophene rings is 1. The number of carbonyl (C=O) groups is 2. The van der Waals surface area contributed by atoms with Gasteiger partial charge in [0.1, 0.15) is 24.2 Å². The van der Waals surface area contributed by atoms with Crippen LogP contribution in [0.15, 0.2) is 125 Å². The summed E-state index contributed by atoms with van der Waals surface area (Å²) in [4.78, 5) is 29.8. The van der Waals surface area contributed by atoms with E-state index in [0.717, 1.165) is 44.3 Å². The van der Waals surface area contributed by atoms with Gasteiger partial charge in [-0.25, -0.2) is 4.99 Å². The van der Waals surface area contributed by atoms with Crippen LogP contribution in [0, 0.1) is 0 Å². The van der Waals surface area contributed by atoms with Crippen LogP contribution in [-0.2, 0) is 19.1 Å². The zero-order valence-corrected chi connectivity index (χ0v) is 36.5. The Balaban J connectivity index is 0.725. The Morgan fingerprint density at radius 3 is 2.41 bits per heavy atom. The number of aromatic nitrogens is 1. The zero-order chi connectivity index (χ0) is 44.8. The Bertz CT molecular complexity index is 2350. The lowest BCUT2D eigenvalue weighted by atomic mass is 10.1. The average molecular weight is 894 g/mol. The first-order valence-electron chi connectivity index (χ1n) is 21.4. The molecule has 4 N–H and O–H groups in total. The highest BCUT2D eigenvalue weighted by molar-refractivity contribution is 7.13. The van der Waals surface area contributed by atoms with Gasteiger partial charge in [0.15, 0.2) is 6.61 Å². The van der Waals surface area contributed by atoms with Gasteiger partial charge in [-0.3, -0.25) is 18.2 Å². The minimum atomic E-state index is -2.68. The third-order valence-corrected chi connectivity index (χ3v) is 10.8. The van der Waals surface area contributed by atoms with E-state index in [1.165, 1.54) is 11.3 Å². The van der Waals surface area contributed by atoms with E-state index in [-0.39, 0.29) is 25.0 Å². The molecule has 1 aliphatic heterocycles. The third kappa shape index (κ3) is 15.7. The Kier molecular flexibility index (Phi) is 19.3. The normalized spacial score (nSPS) is 13.4. The number of amides is 2. The Hall–Kier alpha value is -5.91. The van der Waals surface area contributed by atoms with Crippen molar-refractivity contribution in [1.82, 2.24) is 20.4 Å². The minimum absolute atomic E-state index is 0.0369. The lowest BCUT2D eigenvalue weighted by molar-refractivity contribution is -0.123. The maximum atomic E-state index is 13.9. The third-order valence-electron chi connectivity index (χ3n) is 9.92. The second-order valence-electron chi connectivity index (χ2n) is 14.8. The van der Waals surface area contributed by atoms with Crippen LogP contribution in [0.3, 0.4) is 0 Å². The summed E-state index contributed by atoms with van der Waals surface area (Å²) in [5.74, 6) is 1.05. The first-order valence-corrected chi connectivity index (χ1v) is 22.3. The van der Waals surface area contributed by atoms with Gasteiger partial charge in [-0.05, 0) is 89.9 Å². The molecule has 0 unspecified atom stereocenters. The fourth-order valence-electron chi connectivity index (χ4n) is 6.67. The molecule has 3 heterocycles. The number of ether oxygens (including phenoxy) is 4. The molecule has 5 aromatic rings. The van der Waals surface area contributed by atoms with E-state index in [1.807, 2.05) is 90.3 Å². The molecule has 1 aliphatic rings. The number of allylic oxidation sites excluding steroid dienone is 3. The number of nitrogens with one attached hydrogen (secondary N) is 3. The molecule has 0 saturated carbocycles. The van der Waals surface area contributed by atoms with E-state index < -0.39 is 13.5 Å². The summed E-state index contributed by atoms with van der Waals surface area (Å²) in [5, 5.41) is 23.1. The fraction of sp³-hybridized carbons (Fsp3) is 0.312. The van der Waals surface area contributed by atoms with Gasteiger partial charge in [-0.2, -0.15) is 0 Å². The molecule has 0 spiro atoms. The van der Waals surface area contributed by atoms with Crippen LogP contribution in [0.1, 0.15) is 36.9 Å². The van der Waals surface area contributed by atoms with E-state index in [0.29, 0.717) is 94.0 Å². The molecule has 64 heavy (non-hydrogen) atoms. The highest BCUT2D eigenvalue weighted by Gasteiger charge is 2.24. The Morgan fingerprint density at radius 1 is 0.797 bits per heavy atom. The largest absolute Gasteiger partial charge is 0.678 e. The van der Waals surface area contributed by atoms with Gasteiger partial charge in [0.05, 0.1) is 43.5 Å². The molecule has 0 radical (unpaired) electrons. The molecule has 336 valence electrons. The first kappa shape index (κ1) is 47.6. The molecule has 3 aromatic carbocycles. The number of carbonyl (C=O) groups excluding carboxylic acids is 2. The molecule has 6 rings (SSSR count). The molecule has 2 aromatic heterocycles. The van der Waals surface area contributed by atoms with Crippen molar-refractivity contribution in [3.63, 3.8) is 0 Å². The second-order valence-corrected chi connectivity index (χ2v) is 15.7.